The third kappa shape index (κ3) is 4.09. The molecule has 1 N–H and O–H groups in total. The molecule has 1 aromatic carbocycles. The molecular formula is C18H24FIN4. The molecule has 0 amide bonds. The number of benzene rings is 1. The summed E-state index contributed by atoms with van der Waals surface area (Å²) in [6.07, 6.45) is 2.98. The number of aliphatic imine (C=N–C) groups is 1. The zero-order valence-electron chi connectivity index (χ0n) is 14.2. The SMILES string of the molecule is CN=C(NC1CC1c1ccccc1F)N(C)Cc1cccn1C.I. The van der Waals surface area contributed by atoms with Crippen LogP contribution in [0, 0.1) is 5.82 Å². The first-order chi connectivity index (χ1) is 11.1. The molecule has 2 atom stereocenters. The van der Waals surface area contributed by atoms with Crippen molar-refractivity contribution in [2.45, 2.75) is 24.9 Å². The molecule has 1 saturated carbocycles. The van der Waals surface area contributed by atoms with Crippen molar-refractivity contribution in [3.8, 4) is 0 Å². The maximum atomic E-state index is 13.9. The highest BCUT2D eigenvalue weighted by atomic mass is 127. The normalized spacial score (nSPS) is 19.6. The fraction of sp³-hybridized carbons (Fsp3) is 0.389. The van der Waals surface area contributed by atoms with Crippen LogP contribution in [-0.4, -0.2) is 35.6 Å². The highest BCUT2D eigenvalue weighted by molar-refractivity contribution is 14.0. The number of guanidine groups is 1. The van der Waals surface area contributed by atoms with E-state index in [4.69, 9.17) is 0 Å². The molecule has 0 saturated heterocycles. The minimum absolute atomic E-state index is 0. The standard InChI is InChI=1S/C18H23FN4.HI/c1-20-18(23(3)12-13-7-6-10-22(13)2)21-17-11-15(17)14-8-4-5-9-16(14)19;/h4-10,15,17H,11-12H2,1-3H3,(H,20,21);1H. The van der Waals surface area contributed by atoms with E-state index in [9.17, 15) is 4.39 Å². The summed E-state index contributed by atoms with van der Waals surface area (Å²) in [5.74, 6) is 0.959. The van der Waals surface area contributed by atoms with E-state index in [-0.39, 0.29) is 41.8 Å². The minimum Gasteiger partial charge on any atom is -0.353 e. The van der Waals surface area contributed by atoms with Crippen LogP contribution in [0.2, 0.25) is 0 Å². The maximum Gasteiger partial charge on any atom is 0.193 e. The molecule has 1 aliphatic rings. The van der Waals surface area contributed by atoms with Gasteiger partial charge in [-0.15, -0.1) is 24.0 Å². The number of aromatic nitrogens is 1. The summed E-state index contributed by atoms with van der Waals surface area (Å²) in [5, 5.41) is 3.45. The topological polar surface area (TPSA) is 32.6 Å². The second kappa shape index (κ2) is 8.00. The molecule has 3 rings (SSSR count). The Labute approximate surface area is 159 Å². The number of hydrogen-bond acceptors (Lipinski definition) is 1. The summed E-state index contributed by atoms with van der Waals surface area (Å²) >= 11 is 0. The van der Waals surface area contributed by atoms with Gasteiger partial charge in [-0.2, -0.15) is 0 Å². The van der Waals surface area contributed by atoms with Crippen molar-refractivity contribution in [1.82, 2.24) is 14.8 Å². The van der Waals surface area contributed by atoms with E-state index in [1.807, 2.05) is 38.5 Å². The maximum absolute atomic E-state index is 13.9. The van der Waals surface area contributed by atoms with Gasteiger partial charge in [0.25, 0.3) is 0 Å². The Kier molecular flexibility index (Phi) is 6.26. The predicted octanol–water partition coefficient (Wildman–Crippen LogP) is 3.35. The summed E-state index contributed by atoms with van der Waals surface area (Å²) in [7, 11) is 5.83. The first kappa shape index (κ1) is 18.8. The van der Waals surface area contributed by atoms with E-state index in [1.165, 1.54) is 11.8 Å². The lowest BCUT2D eigenvalue weighted by atomic mass is 10.1. The summed E-state index contributed by atoms with van der Waals surface area (Å²) in [4.78, 5) is 6.45. The second-order valence-electron chi connectivity index (χ2n) is 6.13. The van der Waals surface area contributed by atoms with Gasteiger partial charge in [0.05, 0.1) is 6.54 Å². The number of halogens is 2. The van der Waals surface area contributed by atoms with Crippen LogP contribution in [0.5, 0.6) is 0 Å². The van der Waals surface area contributed by atoms with Gasteiger partial charge >= 0.3 is 0 Å². The third-order valence-corrected chi connectivity index (χ3v) is 4.43. The van der Waals surface area contributed by atoms with Crippen molar-refractivity contribution in [3.05, 3.63) is 59.7 Å². The molecule has 0 bridgehead atoms. The van der Waals surface area contributed by atoms with Crippen LogP contribution >= 0.6 is 24.0 Å². The minimum atomic E-state index is -0.117. The van der Waals surface area contributed by atoms with E-state index in [0.29, 0.717) is 0 Å². The molecule has 1 fully saturated rings. The van der Waals surface area contributed by atoms with Gasteiger partial charge < -0.3 is 14.8 Å². The lowest BCUT2D eigenvalue weighted by Gasteiger charge is -2.22. The van der Waals surface area contributed by atoms with Crippen LogP contribution in [0.1, 0.15) is 23.6 Å². The highest BCUT2D eigenvalue weighted by Gasteiger charge is 2.40. The molecule has 1 aliphatic carbocycles. The lowest BCUT2D eigenvalue weighted by molar-refractivity contribution is 0.460. The molecule has 4 nitrogen and oxygen atoms in total. The number of hydrogen-bond donors (Lipinski definition) is 1. The average molecular weight is 442 g/mol. The molecule has 0 radical (unpaired) electrons. The molecule has 6 heteroatoms. The van der Waals surface area contributed by atoms with Gasteiger partial charge in [0.1, 0.15) is 5.82 Å². The summed E-state index contributed by atoms with van der Waals surface area (Å²) in [6.45, 7) is 0.778. The van der Waals surface area contributed by atoms with Gasteiger partial charge in [-0.1, -0.05) is 18.2 Å². The van der Waals surface area contributed by atoms with Gasteiger partial charge in [0.2, 0.25) is 0 Å². The smallest absolute Gasteiger partial charge is 0.193 e. The highest BCUT2D eigenvalue weighted by Crippen LogP contribution is 2.41. The van der Waals surface area contributed by atoms with Crippen molar-refractivity contribution in [2.75, 3.05) is 14.1 Å². The van der Waals surface area contributed by atoms with E-state index in [2.05, 4.69) is 25.8 Å². The monoisotopic (exact) mass is 442 g/mol. The molecule has 0 aliphatic heterocycles. The average Bonchev–Trinajstić information content (AvgIpc) is 3.19. The Bertz CT molecular complexity index is 713. The number of nitrogens with zero attached hydrogens (tertiary/aromatic N) is 3. The molecule has 0 spiro atoms. The summed E-state index contributed by atoms with van der Waals surface area (Å²) in [6, 6.07) is 11.4. The molecule has 1 heterocycles. The van der Waals surface area contributed by atoms with E-state index in [0.717, 1.165) is 24.5 Å². The predicted molar refractivity (Wildman–Crippen MR) is 106 cm³/mol. The number of aryl methyl sites for hydroxylation is 1. The molecule has 1 aromatic heterocycles. The Morgan fingerprint density at radius 2 is 2.08 bits per heavy atom. The summed E-state index contributed by atoms with van der Waals surface area (Å²) < 4.78 is 16.0. The Morgan fingerprint density at radius 3 is 2.71 bits per heavy atom. The van der Waals surface area contributed by atoms with E-state index in [1.54, 1.807) is 13.1 Å². The van der Waals surface area contributed by atoms with Gasteiger partial charge in [-0.05, 0) is 30.2 Å². The van der Waals surface area contributed by atoms with Gasteiger partial charge in [0, 0.05) is 45.0 Å². The van der Waals surface area contributed by atoms with Crippen LogP contribution < -0.4 is 5.32 Å². The van der Waals surface area contributed by atoms with E-state index >= 15 is 0 Å². The van der Waals surface area contributed by atoms with E-state index < -0.39 is 0 Å². The first-order valence-electron chi connectivity index (χ1n) is 7.89. The van der Waals surface area contributed by atoms with Crippen LogP contribution in [0.15, 0.2) is 47.6 Å². The Morgan fingerprint density at radius 1 is 1.33 bits per heavy atom. The largest absolute Gasteiger partial charge is 0.353 e. The first-order valence-corrected chi connectivity index (χ1v) is 7.89. The van der Waals surface area contributed by atoms with Gasteiger partial charge in [0.15, 0.2) is 5.96 Å². The Hall–Kier alpha value is -1.57. The molecule has 24 heavy (non-hydrogen) atoms. The molecule has 2 aromatic rings. The second-order valence-corrected chi connectivity index (χ2v) is 6.13. The van der Waals surface area contributed by atoms with Crippen LogP contribution in [-0.2, 0) is 13.6 Å². The lowest BCUT2D eigenvalue weighted by Crippen LogP contribution is -2.40. The fourth-order valence-corrected chi connectivity index (χ4v) is 2.96. The van der Waals surface area contributed by atoms with Crippen molar-refractivity contribution >= 4 is 29.9 Å². The van der Waals surface area contributed by atoms with Crippen LogP contribution in [0.25, 0.3) is 0 Å². The quantitative estimate of drug-likeness (QED) is 0.448. The number of rotatable bonds is 4. The molecular weight excluding hydrogens is 418 g/mol. The zero-order chi connectivity index (χ0) is 16.4. The van der Waals surface area contributed by atoms with Crippen molar-refractivity contribution in [2.24, 2.45) is 12.0 Å². The Balaban J connectivity index is 0.00000208. The fourth-order valence-electron chi connectivity index (χ4n) is 2.96. The van der Waals surface area contributed by atoms with Gasteiger partial charge in [-0.25, -0.2) is 4.39 Å². The van der Waals surface area contributed by atoms with Crippen LogP contribution in [0.3, 0.4) is 0 Å². The zero-order valence-corrected chi connectivity index (χ0v) is 16.6. The molecule has 2 unspecified atom stereocenters. The van der Waals surface area contributed by atoms with Gasteiger partial charge in [-0.3, -0.25) is 4.99 Å². The van der Waals surface area contributed by atoms with Crippen molar-refractivity contribution in [1.29, 1.82) is 0 Å². The van der Waals surface area contributed by atoms with Crippen molar-refractivity contribution < 1.29 is 4.39 Å². The molecule has 130 valence electrons. The van der Waals surface area contributed by atoms with Crippen LogP contribution in [0.4, 0.5) is 4.39 Å². The summed E-state index contributed by atoms with van der Waals surface area (Å²) in [5.41, 5.74) is 2.02. The third-order valence-electron chi connectivity index (χ3n) is 4.43. The van der Waals surface area contributed by atoms with Crippen molar-refractivity contribution in [3.63, 3.8) is 0 Å². The number of nitrogens with one attached hydrogen (secondary N) is 1.